The van der Waals surface area contributed by atoms with Crippen LogP contribution in [0.15, 0.2) is 52.3 Å². The Balaban J connectivity index is 1.32. The zero-order valence-electron chi connectivity index (χ0n) is 21.6. The number of benzene rings is 2. The van der Waals surface area contributed by atoms with Crippen molar-refractivity contribution in [3.8, 4) is 5.75 Å². The van der Waals surface area contributed by atoms with Crippen LogP contribution in [0.25, 0.3) is 0 Å². The van der Waals surface area contributed by atoms with Crippen LogP contribution in [0.1, 0.15) is 28.3 Å². The summed E-state index contributed by atoms with van der Waals surface area (Å²) in [7, 11) is 0. The number of aromatic amines is 1. The highest BCUT2D eigenvalue weighted by molar-refractivity contribution is 8.00. The zero-order valence-corrected chi connectivity index (χ0v) is 23.2. The monoisotopic (exact) mass is 611 g/mol. The largest absolute Gasteiger partial charge is 0.489 e. The number of carbonyl (C=O) groups is 3. The van der Waals surface area contributed by atoms with Gasteiger partial charge in [-0.05, 0) is 47.9 Å². The average molecular weight is 612 g/mol. The second-order valence-electron chi connectivity index (χ2n) is 11.0. The summed E-state index contributed by atoms with van der Waals surface area (Å²) in [6.45, 7) is -0.631. The van der Waals surface area contributed by atoms with Crippen LogP contribution in [-0.2, 0) is 21.0 Å². The lowest BCUT2D eigenvalue weighted by Gasteiger charge is -2.43. The highest BCUT2D eigenvalue weighted by Crippen LogP contribution is 2.69. The molecule has 3 fully saturated rings. The van der Waals surface area contributed by atoms with Crippen LogP contribution >= 0.6 is 23.1 Å². The number of rotatable bonds is 7. The fraction of sp³-hybridized carbons (Fsp3) is 0.357. The molecule has 0 spiro atoms. The van der Waals surface area contributed by atoms with Crippen molar-refractivity contribution >= 4 is 46.6 Å². The summed E-state index contributed by atoms with van der Waals surface area (Å²) in [4.78, 5) is 66.2. The Hall–Kier alpha value is -4.04. The number of hydrogen-bond donors (Lipinski definition) is 2. The first-order valence-corrected chi connectivity index (χ1v) is 14.9. The molecule has 1 saturated heterocycles. The van der Waals surface area contributed by atoms with Gasteiger partial charge in [-0.25, -0.2) is 4.39 Å². The Morgan fingerprint density at radius 3 is 2.52 bits per heavy atom. The van der Waals surface area contributed by atoms with Crippen LogP contribution in [0.3, 0.4) is 0 Å². The van der Waals surface area contributed by atoms with Gasteiger partial charge in [-0.1, -0.05) is 23.5 Å². The van der Waals surface area contributed by atoms with Gasteiger partial charge >= 0.3 is 10.8 Å². The van der Waals surface area contributed by atoms with E-state index in [1.807, 2.05) is 0 Å². The van der Waals surface area contributed by atoms with Crippen LogP contribution in [0.2, 0.25) is 0 Å². The molecular formula is C28H22FN3O8S2. The topological polar surface area (TPSA) is 160 Å². The lowest BCUT2D eigenvalue weighted by atomic mass is 9.68. The van der Waals surface area contributed by atoms with Gasteiger partial charge in [0.05, 0.1) is 21.8 Å². The van der Waals surface area contributed by atoms with Crippen LogP contribution < -0.4 is 9.61 Å². The third-order valence-electron chi connectivity index (χ3n) is 8.96. The number of carboxylic acids is 1. The molecule has 3 aromatic rings. The molecule has 3 heterocycles. The number of imide groups is 1. The number of likely N-dealkylation sites (tertiary alicyclic amines) is 1. The van der Waals surface area contributed by atoms with Crippen molar-refractivity contribution in [2.75, 3.05) is 6.54 Å². The summed E-state index contributed by atoms with van der Waals surface area (Å²) in [5.74, 6) is -4.96. The van der Waals surface area contributed by atoms with Gasteiger partial charge in [-0.15, -0.1) is 11.8 Å². The molecule has 7 rings (SSSR count). The minimum atomic E-state index is -1.27. The Bertz CT molecular complexity index is 1720. The van der Waals surface area contributed by atoms with Crippen molar-refractivity contribution in [3.05, 3.63) is 84.1 Å². The SMILES string of the molecule is O=C(O)CN1C(=O)[C@@H]2[C@H]3C[C@@H]([C@@H]4Sc5[nH]c(=O)sc5[C@H](c5cc([N+](=O)[O-])ccc5OCc5ccc(F)cc5)[C@@H]34)[C@H]2C1=O. The highest BCUT2D eigenvalue weighted by atomic mass is 32.2. The smallest absolute Gasteiger partial charge is 0.323 e. The number of nitro groups is 1. The number of nitrogens with zero attached hydrogens (tertiary/aromatic N) is 2. The average Bonchev–Trinajstić information content (AvgIpc) is 3.68. The second-order valence-corrected chi connectivity index (χ2v) is 13.2. The summed E-state index contributed by atoms with van der Waals surface area (Å²) in [6, 6.07) is 10.0. The maximum absolute atomic E-state index is 13.4. The molecule has 11 nitrogen and oxygen atoms in total. The number of non-ortho nitro benzene ring substituents is 1. The molecule has 0 radical (unpaired) electrons. The van der Waals surface area contributed by atoms with E-state index in [1.54, 1.807) is 12.1 Å². The van der Waals surface area contributed by atoms with Crippen LogP contribution in [0, 0.1) is 45.5 Å². The van der Waals surface area contributed by atoms with Crippen molar-refractivity contribution in [2.24, 2.45) is 29.6 Å². The van der Waals surface area contributed by atoms with Gasteiger partial charge in [0.2, 0.25) is 11.8 Å². The van der Waals surface area contributed by atoms with Gasteiger partial charge in [0.25, 0.3) is 5.69 Å². The number of halogens is 1. The minimum Gasteiger partial charge on any atom is -0.489 e. The fourth-order valence-corrected chi connectivity index (χ4v) is 10.4. The number of thioether (sulfide) groups is 1. The highest BCUT2D eigenvalue weighted by Gasteiger charge is 2.69. The van der Waals surface area contributed by atoms with Crippen molar-refractivity contribution in [1.29, 1.82) is 0 Å². The van der Waals surface area contributed by atoms with Crippen LogP contribution in [-0.4, -0.2) is 49.5 Å². The number of hydrogen-bond acceptors (Lipinski definition) is 9. The molecule has 2 aliphatic heterocycles. The molecule has 2 saturated carbocycles. The van der Waals surface area contributed by atoms with E-state index in [9.17, 15) is 38.8 Å². The van der Waals surface area contributed by atoms with E-state index in [1.165, 1.54) is 42.1 Å². The van der Waals surface area contributed by atoms with E-state index in [0.29, 0.717) is 33.2 Å². The molecule has 2 aliphatic carbocycles. The first kappa shape index (κ1) is 26.8. The number of aromatic nitrogens is 1. The molecule has 0 unspecified atom stereocenters. The molecule has 216 valence electrons. The summed E-state index contributed by atoms with van der Waals surface area (Å²) in [6.07, 6.45) is 0.576. The maximum atomic E-state index is 13.4. The zero-order chi connectivity index (χ0) is 29.4. The summed E-state index contributed by atoms with van der Waals surface area (Å²) in [5.41, 5.74) is 1.00. The number of thiazole rings is 1. The van der Waals surface area contributed by atoms with Gasteiger partial charge in [-0.2, -0.15) is 0 Å². The molecular weight excluding hydrogens is 589 g/mol. The molecule has 7 atom stereocenters. The summed E-state index contributed by atoms with van der Waals surface area (Å²) in [5, 5.41) is 21.6. The number of H-pyrrole nitrogens is 1. The van der Waals surface area contributed by atoms with E-state index in [0.717, 1.165) is 16.2 Å². The number of carbonyl (C=O) groups excluding carboxylic acids is 2. The van der Waals surface area contributed by atoms with Gasteiger partial charge in [-0.3, -0.25) is 34.2 Å². The Morgan fingerprint density at radius 1 is 1.12 bits per heavy atom. The third kappa shape index (κ3) is 4.07. The van der Waals surface area contributed by atoms with E-state index < -0.39 is 52.8 Å². The van der Waals surface area contributed by atoms with Gasteiger partial charge < -0.3 is 14.8 Å². The molecule has 14 heteroatoms. The number of ether oxygens (including phenoxy) is 1. The number of carboxylic acid groups (broad SMARTS) is 1. The number of nitro benzene ring substituents is 1. The van der Waals surface area contributed by atoms with Gasteiger partial charge in [0.15, 0.2) is 0 Å². The van der Waals surface area contributed by atoms with Crippen molar-refractivity contribution in [1.82, 2.24) is 9.88 Å². The normalized spacial score (nSPS) is 28.9. The molecule has 2 amide bonds. The Morgan fingerprint density at radius 2 is 1.83 bits per heavy atom. The van der Waals surface area contributed by atoms with Gasteiger partial charge in [0, 0.05) is 33.7 Å². The lowest BCUT2D eigenvalue weighted by molar-refractivity contribution is -0.385. The number of fused-ring (bicyclic) bond motifs is 9. The standard InChI is InChI=1S/C28H22FN3O8S2/c29-12-3-1-11(2-4-12)10-40-17-6-5-13(32(38)39)7-14(17)19-20-15-8-16(23(20)41-25-24(19)42-28(37)30-25)22-21(15)26(35)31(27(22)36)9-18(33)34/h1-7,15-16,19-23H,8-10H2,(H,30,37)(H,33,34)/t15-,16+,19+,20+,21+,22+,23-/m0/s1. The predicted octanol–water partition coefficient (Wildman–Crippen LogP) is 3.62. The number of amides is 2. The maximum Gasteiger partial charge on any atom is 0.323 e. The van der Waals surface area contributed by atoms with Crippen molar-refractivity contribution in [3.63, 3.8) is 0 Å². The number of nitrogens with one attached hydrogen (secondary N) is 1. The molecule has 2 bridgehead atoms. The first-order valence-electron chi connectivity index (χ1n) is 13.2. The Kier molecular flexibility index (Phi) is 6.24. The van der Waals surface area contributed by atoms with Crippen LogP contribution in [0.4, 0.5) is 10.1 Å². The van der Waals surface area contributed by atoms with Crippen molar-refractivity contribution in [2.45, 2.75) is 29.2 Å². The second kappa shape index (κ2) is 9.76. The fourth-order valence-electron chi connectivity index (χ4n) is 7.48. The third-order valence-corrected chi connectivity index (χ3v) is 11.5. The lowest BCUT2D eigenvalue weighted by Crippen LogP contribution is -2.42. The summed E-state index contributed by atoms with van der Waals surface area (Å²) < 4.78 is 19.6. The van der Waals surface area contributed by atoms with E-state index >= 15 is 0 Å². The van der Waals surface area contributed by atoms with Crippen LogP contribution in [0.5, 0.6) is 5.75 Å². The van der Waals surface area contributed by atoms with E-state index in [4.69, 9.17) is 4.74 Å². The van der Waals surface area contributed by atoms with Gasteiger partial charge in [0.1, 0.15) is 24.7 Å². The van der Waals surface area contributed by atoms with Crippen molar-refractivity contribution < 1.29 is 33.5 Å². The minimum absolute atomic E-state index is 0.0603. The summed E-state index contributed by atoms with van der Waals surface area (Å²) >= 11 is 2.46. The first-order chi connectivity index (χ1) is 20.1. The Labute approximate surface area is 244 Å². The molecule has 2 N–H and O–H groups in total. The number of aliphatic carboxylic acids is 1. The van der Waals surface area contributed by atoms with E-state index in [2.05, 4.69) is 4.98 Å². The quantitative estimate of drug-likeness (QED) is 0.231. The molecule has 1 aromatic heterocycles. The molecule has 4 aliphatic rings. The van der Waals surface area contributed by atoms with E-state index in [-0.39, 0.29) is 40.2 Å². The molecule has 42 heavy (non-hydrogen) atoms. The molecule has 2 aromatic carbocycles. The predicted molar refractivity (Wildman–Crippen MR) is 147 cm³/mol.